The molecule has 1 aliphatic rings. The highest BCUT2D eigenvalue weighted by Crippen LogP contribution is 2.36. The molecule has 0 radical (unpaired) electrons. The number of aromatic nitrogens is 5. The van der Waals surface area contributed by atoms with Gasteiger partial charge in [-0.05, 0) is 51.0 Å². The summed E-state index contributed by atoms with van der Waals surface area (Å²) >= 11 is 2.28. The largest absolute Gasteiger partial charge is 0.481 e. The Balaban J connectivity index is 1.45. The molecule has 0 saturated carbocycles. The highest BCUT2D eigenvalue weighted by Gasteiger charge is 2.18. The van der Waals surface area contributed by atoms with Gasteiger partial charge in [0.25, 0.3) is 0 Å². The van der Waals surface area contributed by atoms with Crippen LogP contribution in [0.1, 0.15) is 12.8 Å². The number of halogens is 1. The van der Waals surface area contributed by atoms with Gasteiger partial charge in [-0.3, -0.25) is 8.65 Å². The van der Waals surface area contributed by atoms with Crippen molar-refractivity contribution in [3.63, 3.8) is 0 Å². The molecule has 32 heavy (non-hydrogen) atoms. The van der Waals surface area contributed by atoms with Gasteiger partial charge in [-0.15, -0.1) is 0 Å². The molecule has 4 aromatic rings. The van der Waals surface area contributed by atoms with Crippen molar-refractivity contribution in [2.45, 2.75) is 19.4 Å². The highest BCUT2D eigenvalue weighted by atomic mass is 127. The molecule has 166 valence electrons. The van der Waals surface area contributed by atoms with E-state index < -0.39 is 0 Å². The van der Waals surface area contributed by atoms with E-state index in [1.54, 1.807) is 16.2 Å². The predicted octanol–water partition coefficient (Wildman–Crippen LogP) is 5.16. The van der Waals surface area contributed by atoms with Crippen molar-refractivity contribution in [1.82, 2.24) is 28.6 Å². The van der Waals surface area contributed by atoms with Crippen molar-refractivity contribution < 1.29 is 4.74 Å². The molecule has 0 aromatic carbocycles. The number of piperidine rings is 1. The standard InChI is InChI=1S/C23H25IN6OS/c1-28-7-5-16(6-8-28)13-29-14-19(12-27-29)18-9-20-21(15-30(32-24)23(20)26-11-18)17-3-4-22(31-2)25-10-17/h3-4,9-12,14-16H,5-8,13H2,1-2H3. The number of ether oxygens (including phenoxy) is 1. The smallest absolute Gasteiger partial charge is 0.212 e. The maximum atomic E-state index is 5.21. The first-order valence-corrected chi connectivity index (χ1v) is 14.0. The summed E-state index contributed by atoms with van der Waals surface area (Å²) in [6.07, 6.45) is 12.5. The SMILES string of the molecule is COc1ccc(-c2cn(SI)c3ncc(-c4cnn(CC5CCN(C)CC5)c4)cc23)cn1. The van der Waals surface area contributed by atoms with Crippen LogP contribution in [0.5, 0.6) is 5.88 Å². The molecule has 1 saturated heterocycles. The third-order valence-corrected chi connectivity index (χ3v) is 7.89. The number of rotatable bonds is 6. The minimum Gasteiger partial charge on any atom is -0.481 e. The molecule has 0 unspecified atom stereocenters. The third-order valence-electron chi connectivity index (χ3n) is 6.19. The summed E-state index contributed by atoms with van der Waals surface area (Å²) in [6, 6.07) is 6.14. The fourth-order valence-electron chi connectivity index (χ4n) is 4.30. The zero-order chi connectivity index (χ0) is 22.1. The van der Waals surface area contributed by atoms with Gasteiger partial charge in [0, 0.05) is 95.4 Å². The van der Waals surface area contributed by atoms with E-state index in [-0.39, 0.29) is 0 Å². The summed E-state index contributed by atoms with van der Waals surface area (Å²) in [5.74, 6) is 1.31. The topological polar surface area (TPSA) is 61.0 Å². The van der Waals surface area contributed by atoms with Gasteiger partial charge in [0.05, 0.1) is 13.3 Å². The van der Waals surface area contributed by atoms with E-state index in [0.29, 0.717) is 11.8 Å². The Morgan fingerprint density at radius 2 is 1.88 bits per heavy atom. The van der Waals surface area contributed by atoms with Crippen LogP contribution in [0.4, 0.5) is 0 Å². The second-order valence-corrected chi connectivity index (χ2v) is 10.0. The summed E-state index contributed by atoms with van der Waals surface area (Å²) in [4.78, 5) is 11.6. The molecule has 7 nitrogen and oxygen atoms in total. The average Bonchev–Trinajstić information content (AvgIpc) is 3.45. The lowest BCUT2D eigenvalue weighted by atomic mass is 9.97. The number of likely N-dealkylation sites (tertiary alicyclic amines) is 1. The Morgan fingerprint density at radius 3 is 2.59 bits per heavy atom. The average molecular weight is 560 g/mol. The zero-order valence-corrected chi connectivity index (χ0v) is 21.1. The highest BCUT2D eigenvalue weighted by molar-refractivity contribution is 14.2. The first-order chi connectivity index (χ1) is 15.6. The number of methoxy groups -OCH3 is 1. The third kappa shape index (κ3) is 4.38. The summed E-state index contributed by atoms with van der Waals surface area (Å²) in [5, 5.41) is 5.75. The Morgan fingerprint density at radius 1 is 1.06 bits per heavy atom. The van der Waals surface area contributed by atoms with Gasteiger partial charge in [-0.2, -0.15) is 5.10 Å². The summed E-state index contributed by atoms with van der Waals surface area (Å²) in [7, 11) is 5.43. The van der Waals surface area contributed by atoms with E-state index in [1.165, 1.54) is 25.9 Å². The van der Waals surface area contributed by atoms with Gasteiger partial charge in [-0.1, -0.05) is 0 Å². The zero-order valence-electron chi connectivity index (χ0n) is 18.1. The first-order valence-electron chi connectivity index (χ1n) is 10.7. The van der Waals surface area contributed by atoms with Crippen molar-refractivity contribution >= 4 is 41.4 Å². The second kappa shape index (κ2) is 9.40. The lowest BCUT2D eigenvalue weighted by molar-refractivity contribution is 0.201. The minimum atomic E-state index is 0.608. The molecular formula is C23H25IN6OS. The molecule has 4 aromatic heterocycles. The maximum absolute atomic E-state index is 5.21. The van der Waals surface area contributed by atoms with Crippen LogP contribution in [-0.4, -0.2) is 55.9 Å². The van der Waals surface area contributed by atoms with Crippen molar-refractivity contribution in [2.24, 2.45) is 5.92 Å². The van der Waals surface area contributed by atoms with Crippen LogP contribution in [-0.2, 0) is 6.54 Å². The van der Waals surface area contributed by atoms with Gasteiger partial charge >= 0.3 is 0 Å². The van der Waals surface area contributed by atoms with Gasteiger partial charge in [0.1, 0.15) is 0 Å². The molecule has 1 fully saturated rings. The van der Waals surface area contributed by atoms with Crippen LogP contribution in [0.25, 0.3) is 33.3 Å². The van der Waals surface area contributed by atoms with E-state index in [2.05, 4.69) is 70.4 Å². The van der Waals surface area contributed by atoms with Crippen LogP contribution in [0.2, 0.25) is 0 Å². The van der Waals surface area contributed by atoms with E-state index in [0.717, 1.165) is 39.8 Å². The van der Waals surface area contributed by atoms with Crippen molar-refractivity contribution in [2.75, 3.05) is 27.2 Å². The normalized spacial score (nSPS) is 15.5. The van der Waals surface area contributed by atoms with Crippen molar-refractivity contribution in [3.8, 4) is 28.1 Å². The van der Waals surface area contributed by atoms with Gasteiger partial charge in [-0.25, -0.2) is 9.97 Å². The molecule has 0 N–H and O–H groups in total. The summed E-state index contributed by atoms with van der Waals surface area (Å²) < 4.78 is 9.39. The molecule has 9 heteroatoms. The quantitative estimate of drug-likeness (QED) is 0.304. The molecular weight excluding hydrogens is 535 g/mol. The first kappa shape index (κ1) is 21.7. The van der Waals surface area contributed by atoms with Crippen molar-refractivity contribution in [1.29, 1.82) is 0 Å². The van der Waals surface area contributed by atoms with Crippen LogP contribution in [0, 0.1) is 5.92 Å². The number of fused-ring (bicyclic) bond motifs is 1. The molecule has 5 rings (SSSR count). The molecule has 0 atom stereocenters. The minimum absolute atomic E-state index is 0.608. The molecule has 5 heterocycles. The van der Waals surface area contributed by atoms with Crippen molar-refractivity contribution in [3.05, 3.63) is 49.2 Å². The summed E-state index contributed by atoms with van der Waals surface area (Å²) in [6.45, 7) is 3.33. The molecule has 1 aliphatic heterocycles. The Kier molecular flexibility index (Phi) is 6.38. The lowest BCUT2D eigenvalue weighted by Crippen LogP contribution is -2.31. The Bertz CT molecular complexity index is 1210. The predicted molar refractivity (Wildman–Crippen MR) is 138 cm³/mol. The van der Waals surface area contributed by atoms with Crippen LogP contribution in [0.3, 0.4) is 0 Å². The monoisotopic (exact) mass is 560 g/mol. The maximum Gasteiger partial charge on any atom is 0.212 e. The van der Waals surface area contributed by atoms with E-state index >= 15 is 0 Å². The fourth-order valence-corrected chi connectivity index (χ4v) is 5.56. The molecule has 0 amide bonds. The van der Waals surface area contributed by atoms with Crippen LogP contribution < -0.4 is 4.74 Å². The van der Waals surface area contributed by atoms with Crippen LogP contribution in [0.15, 0.2) is 49.2 Å². The van der Waals surface area contributed by atoms with E-state index in [1.807, 2.05) is 30.7 Å². The van der Waals surface area contributed by atoms with E-state index in [9.17, 15) is 0 Å². The molecule has 0 aliphatic carbocycles. The summed E-state index contributed by atoms with van der Waals surface area (Å²) in [5.41, 5.74) is 5.26. The van der Waals surface area contributed by atoms with E-state index in [4.69, 9.17) is 9.72 Å². The number of hydrogen-bond donors (Lipinski definition) is 0. The number of hydrogen-bond acceptors (Lipinski definition) is 6. The lowest BCUT2D eigenvalue weighted by Gasteiger charge is -2.28. The Labute approximate surface area is 203 Å². The number of pyridine rings is 2. The fraction of sp³-hybridized carbons (Fsp3) is 0.348. The van der Waals surface area contributed by atoms with Gasteiger partial charge in [0.2, 0.25) is 5.88 Å². The van der Waals surface area contributed by atoms with Crippen LogP contribution >= 0.6 is 30.3 Å². The van der Waals surface area contributed by atoms with Gasteiger partial charge in [0.15, 0.2) is 5.65 Å². The Hall–Kier alpha value is -2.11. The molecule has 0 bridgehead atoms. The number of nitrogens with zero attached hydrogens (tertiary/aromatic N) is 6. The molecule has 0 spiro atoms. The second-order valence-electron chi connectivity index (χ2n) is 8.32. The van der Waals surface area contributed by atoms with Gasteiger partial charge < -0.3 is 9.64 Å².